The number of aryl methyl sites for hydroxylation is 2. The highest BCUT2D eigenvalue weighted by Gasteiger charge is 2.31. The van der Waals surface area contributed by atoms with E-state index in [4.69, 9.17) is 9.47 Å². The Bertz CT molecular complexity index is 2040. The number of aliphatic hydroxyl groups is 1. The number of aromatic hydroxyl groups is 4. The molecule has 0 saturated carbocycles. The van der Waals surface area contributed by atoms with E-state index in [0.29, 0.717) is 62.5 Å². The van der Waals surface area contributed by atoms with Gasteiger partial charge in [0.2, 0.25) is 5.75 Å². The Morgan fingerprint density at radius 3 is 2.54 bits per heavy atom. The van der Waals surface area contributed by atoms with Crippen molar-refractivity contribution in [3.05, 3.63) is 101 Å². The molecule has 2 aliphatic rings. The molecule has 10 nitrogen and oxygen atoms in total. The van der Waals surface area contributed by atoms with Gasteiger partial charge in [-0.25, -0.2) is 0 Å². The monoisotopic (exact) mass is 736 g/mol. The van der Waals surface area contributed by atoms with Crippen LogP contribution in [0, 0.1) is 11.8 Å². The van der Waals surface area contributed by atoms with Crippen LogP contribution in [0.4, 0.5) is 5.69 Å². The van der Waals surface area contributed by atoms with Crippen molar-refractivity contribution >= 4 is 22.2 Å². The summed E-state index contributed by atoms with van der Waals surface area (Å²) in [5.41, 5.74) is 4.34. The Labute approximate surface area is 316 Å². The number of Topliss-reactive ketones (excluding diaryl/α,β-unsaturated/α-hetero) is 1. The number of allylic oxidation sites excluding steroid dienone is 2. The summed E-state index contributed by atoms with van der Waals surface area (Å²) in [5, 5.41) is 62.7. The number of methoxy groups -OCH3 is 1. The third-order valence-corrected chi connectivity index (χ3v) is 10.6. The number of ketones is 1. The maximum Gasteiger partial charge on any atom is 0.200 e. The molecule has 0 radical (unpaired) electrons. The van der Waals surface area contributed by atoms with Crippen LogP contribution >= 0.6 is 0 Å². The fraction of sp³-hybridized carbons (Fsp3) is 0.386. The molecule has 0 amide bonds. The summed E-state index contributed by atoms with van der Waals surface area (Å²) in [6, 6.07) is 17.6. The number of carbonyl (C=O) groups excluding carboxylic acids is 1. The van der Waals surface area contributed by atoms with Crippen molar-refractivity contribution in [2.45, 2.75) is 77.2 Å². The molecule has 0 saturated heterocycles. The van der Waals surface area contributed by atoms with Crippen molar-refractivity contribution in [2.75, 3.05) is 25.6 Å². The van der Waals surface area contributed by atoms with Crippen LogP contribution < -0.4 is 20.1 Å². The zero-order valence-electron chi connectivity index (χ0n) is 31.3. The summed E-state index contributed by atoms with van der Waals surface area (Å²) >= 11 is 0. The topological polar surface area (TPSA) is 161 Å². The number of hydrogen-bond acceptors (Lipinski definition) is 10. The van der Waals surface area contributed by atoms with Gasteiger partial charge in [0.1, 0.15) is 17.4 Å². The maximum absolute atomic E-state index is 14.6. The molecule has 7 N–H and O–H groups in total. The quantitative estimate of drug-likeness (QED) is 0.0595. The van der Waals surface area contributed by atoms with Gasteiger partial charge in [0.05, 0.1) is 19.8 Å². The lowest BCUT2D eigenvalue weighted by Gasteiger charge is -2.26. The highest BCUT2D eigenvalue weighted by atomic mass is 16.5. The predicted molar refractivity (Wildman–Crippen MR) is 211 cm³/mol. The molecule has 2 bridgehead atoms. The van der Waals surface area contributed by atoms with Crippen molar-refractivity contribution in [1.82, 2.24) is 5.32 Å². The van der Waals surface area contributed by atoms with Gasteiger partial charge in [-0.3, -0.25) is 4.79 Å². The lowest BCUT2D eigenvalue weighted by molar-refractivity contribution is -0.127. The minimum Gasteiger partial charge on any atom is -0.508 e. The van der Waals surface area contributed by atoms with Crippen LogP contribution in [0.2, 0.25) is 0 Å². The van der Waals surface area contributed by atoms with Gasteiger partial charge in [0.15, 0.2) is 23.0 Å². The maximum atomic E-state index is 14.6. The highest BCUT2D eigenvalue weighted by Crippen LogP contribution is 2.42. The third kappa shape index (κ3) is 9.23. The fourth-order valence-corrected chi connectivity index (χ4v) is 7.57. The summed E-state index contributed by atoms with van der Waals surface area (Å²) in [6.07, 6.45) is 7.03. The molecule has 4 aromatic rings. The van der Waals surface area contributed by atoms with Crippen LogP contribution in [0.3, 0.4) is 0 Å². The zero-order chi connectivity index (χ0) is 38.4. The Balaban J connectivity index is 1.37. The first-order valence-electron chi connectivity index (χ1n) is 18.9. The van der Waals surface area contributed by atoms with Crippen molar-refractivity contribution in [1.29, 1.82) is 0 Å². The van der Waals surface area contributed by atoms with E-state index in [2.05, 4.69) is 24.5 Å². The lowest BCUT2D eigenvalue weighted by Crippen LogP contribution is -2.31. The van der Waals surface area contributed by atoms with Crippen LogP contribution in [0.25, 0.3) is 10.8 Å². The van der Waals surface area contributed by atoms with Crippen LogP contribution in [0.15, 0.2) is 84.2 Å². The van der Waals surface area contributed by atoms with Gasteiger partial charge < -0.3 is 45.6 Å². The van der Waals surface area contributed by atoms with Crippen LogP contribution in [-0.2, 0) is 17.6 Å². The number of dihydropyridines is 1. The van der Waals surface area contributed by atoms with E-state index in [1.54, 1.807) is 36.4 Å². The molecule has 4 aromatic carbocycles. The van der Waals surface area contributed by atoms with Gasteiger partial charge in [-0.05, 0) is 138 Å². The number of nitrogens with one attached hydrogen (secondary N) is 2. The first-order valence-corrected chi connectivity index (χ1v) is 18.9. The summed E-state index contributed by atoms with van der Waals surface area (Å²) in [4.78, 5) is 14.6. The summed E-state index contributed by atoms with van der Waals surface area (Å²) in [6.45, 7) is 5.19. The summed E-state index contributed by atoms with van der Waals surface area (Å²) in [7, 11) is 1.49. The Morgan fingerprint density at radius 2 is 1.74 bits per heavy atom. The lowest BCUT2D eigenvalue weighted by atomic mass is 9.80. The standard InChI is InChI=1S/C44H52N2O8/c1-26(2)5-4-18-54-42-25-31(24-40(51)44(42)52)29-8-11-34-33-12-10-32(47)22-30(33)9-13-36(34)46-43-21-28(16-17-45-43)19-35(39(50)23-29)37(48)14-6-27-7-15-38(49)41(20-27)53-3/h7,9-10,12-13,15-16,20-22,24-26,29,35,37,45-49,51-52H,4-6,8,11,14,17-19,23H2,1-3H3/t29-,35+,37-/m1/s1. The fourth-order valence-electron chi connectivity index (χ4n) is 7.57. The second-order valence-corrected chi connectivity index (χ2v) is 14.9. The number of carbonyl (C=O) groups is 1. The first kappa shape index (κ1) is 38.4. The second-order valence-electron chi connectivity index (χ2n) is 14.9. The largest absolute Gasteiger partial charge is 0.508 e. The highest BCUT2D eigenvalue weighted by molar-refractivity contribution is 5.91. The number of anilines is 1. The number of aliphatic hydroxyl groups excluding tert-OH is 1. The first-order chi connectivity index (χ1) is 26.0. The van der Waals surface area contributed by atoms with E-state index in [9.17, 15) is 30.3 Å². The van der Waals surface area contributed by atoms with Gasteiger partial charge in [0.25, 0.3) is 0 Å². The van der Waals surface area contributed by atoms with Gasteiger partial charge in [-0.2, -0.15) is 0 Å². The van der Waals surface area contributed by atoms with Gasteiger partial charge in [-0.15, -0.1) is 0 Å². The van der Waals surface area contributed by atoms with E-state index in [1.807, 2.05) is 30.4 Å². The third-order valence-electron chi connectivity index (χ3n) is 10.6. The molecule has 3 atom stereocenters. The molecular formula is C44H52N2O8. The molecule has 0 spiro atoms. The van der Waals surface area contributed by atoms with E-state index in [-0.39, 0.29) is 41.0 Å². The molecular weight excluding hydrogens is 684 g/mol. The normalized spacial score (nSPS) is 18.2. The molecule has 2 aliphatic heterocycles. The summed E-state index contributed by atoms with van der Waals surface area (Å²) < 4.78 is 11.3. The molecule has 0 aromatic heterocycles. The number of fused-ring (bicyclic) bond motifs is 4. The molecule has 286 valence electrons. The minimum atomic E-state index is -0.967. The average Bonchev–Trinajstić information content (AvgIpc) is 3.15. The van der Waals surface area contributed by atoms with E-state index in [0.717, 1.165) is 51.8 Å². The number of hydrogen-bond donors (Lipinski definition) is 7. The van der Waals surface area contributed by atoms with E-state index in [1.165, 1.54) is 13.2 Å². The molecule has 2 heterocycles. The number of phenolic OH excluding ortho intramolecular Hbond substituents is 4. The molecule has 6 rings (SSSR count). The van der Waals surface area contributed by atoms with E-state index < -0.39 is 17.9 Å². The number of rotatable bonds is 11. The predicted octanol–water partition coefficient (Wildman–Crippen LogP) is 7.96. The average molecular weight is 737 g/mol. The van der Waals surface area contributed by atoms with Gasteiger partial charge >= 0.3 is 0 Å². The Kier molecular flexibility index (Phi) is 12.2. The molecule has 0 fully saturated rings. The Hall–Kier alpha value is -5.35. The Morgan fingerprint density at radius 1 is 0.907 bits per heavy atom. The van der Waals surface area contributed by atoms with Gasteiger partial charge in [-0.1, -0.05) is 38.1 Å². The minimum absolute atomic E-state index is 0.0324. The zero-order valence-corrected chi connectivity index (χ0v) is 31.3. The van der Waals surface area contributed by atoms with Crippen LogP contribution in [0.5, 0.6) is 34.5 Å². The van der Waals surface area contributed by atoms with Crippen LogP contribution in [-0.4, -0.2) is 57.7 Å². The number of phenols is 4. The summed E-state index contributed by atoms with van der Waals surface area (Å²) in [5.74, 6) is 0.118. The van der Waals surface area contributed by atoms with E-state index >= 15 is 0 Å². The van der Waals surface area contributed by atoms with Crippen molar-refractivity contribution in [2.24, 2.45) is 11.8 Å². The molecule has 10 heteroatoms. The van der Waals surface area contributed by atoms with Crippen molar-refractivity contribution in [3.63, 3.8) is 0 Å². The second kappa shape index (κ2) is 17.2. The molecule has 0 aliphatic carbocycles. The van der Waals surface area contributed by atoms with Crippen molar-refractivity contribution in [3.8, 4) is 34.5 Å². The van der Waals surface area contributed by atoms with Gasteiger partial charge in [0, 0.05) is 24.6 Å². The van der Waals surface area contributed by atoms with Crippen LogP contribution in [0.1, 0.15) is 75.0 Å². The number of benzene rings is 4. The smallest absolute Gasteiger partial charge is 0.200 e. The number of ether oxygens (including phenoxy) is 2. The molecule has 54 heavy (non-hydrogen) atoms. The van der Waals surface area contributed by atoms with Crippen molar-refractivity contribution < 1.29 is 39.8 Å². The SMILES string of the molecule is COc1cc(CC[C@@H](O)[C@@H]2CC3=CCNC(=C3)Nc3ccc4cc(O)ccc4c3CC[C@@H](c3cc(O)c(O)c(OCCCC(C)C)c3)CC2=O)ccc1O. The molecule has 0 unspecified atom stereocenters.